The molecule has 124 valence electrons. The fraction of sp³-hybridized carbons (Fsp3) is 0.938. The van der Waals surface area contributed by atoms with Crippen LogP contribution in [0.1, 0.15) is 53.9 Å². The molecule has 5 nitrogen and oxygen atoms in total. The second-order valence-corrected chi connectivity index (χ2v) is 7.82. The molecule has 0 saturated carbocycles. The summed E-state index contributed by atoms with van der Waals surface area (Å²) in [6.45, 7) is 12.1. The average Bonchev–Trinajstić information content (AvgIpc) is 2.60. The van der Waals surface area contributed by atoms with Crippen molar-refractivity contribution in [1.29, 1.82) is 0 Å². The van der Waals surface area contributed by atoms with Crippen LogP contribution in [-0.2, 0) is 4.74 Å². The van der Waals surface area contributed by atoms with Crippen LogP contribution in [0.4, 0.5) is 4.79 Å². The molecule has 0 bridgehead atoms. The zero-order chi connectivity index (χ0) is 16.1. The number of ether oxygens (including phenoxy) is 1. The minimum Gasteiger partial charge on any atom is -0.444 e. The first-order chi connectivity index (χ1) is 9.63. The number of rotatable bonds is 4. The molecule has 5 heteroatoms. The molecule has 1 atom stereocenters. The number of aliphatic hydroxyl groups excluding tert-OH is 1. The molecule has 1 saturated heterocycles. The van der Waals surface area contributed by atoms with E-state index in [9.17, 15) is 9.90 Å². The number of nitrogens with zero attached hydrogens (tertiary/aromatic N) is 1. The van der Waals surface area contributed by atoms with E-state index in [1.54, 1.807) is 0 Å². The smallest absolute Gasteiger partial charge is 0.410 e. The summed E-state index contributed by atoms with van der Waals surface area (Å²) < 4.78 is 5.47. The van der Waals surface area contributed by atoms with Crippen LogP contribution in [0.2, 0.25) is 0 Å². The van der Waals surface area contributed by atoms with Crippen molar-refractivity contribution in [2.45, 2.75) is 65.5 Å². The van der Waals surface area contributed by atoms with Gasteiger partial charge in [0.1, 0.15) is 5.60 Å². The third kappa shape index (κ3) is 7.14. The Bertz CT molecular complexity index is 337. The summed E-state index contributed by atoms with van der Waals surface area (Å²) >= 11 is 0. The van der Waals surface area contributed by atoms with Crippen molar-refractivity contribution in [1.82, 2.24) is 10.2 Å². The van der Waals surface area contributed by atoms with E-state index in [-0.39, 0.29) is 24.2 Å². The average molecular weight is 300 g/mol. The lowest BCUT2D eigenvalue weighted by Crippen LogP contribution is -2.46. The fourth-order valence-electron chi connectivity index (χ4n) is 2.28. The van der Waals surface area contributed by atoms with Crippen molar-refractivity contribution in [3.8, 4) is 0 Å². The first-order valence-corrected chi connectivity index (χ1v) is 7.95. The zero-order valence-corrected chi connectivity index (χ0v) is 14.2. The predicted octanol–water partition coefficient (Wildman–Crippen LogP) is 2.38. The number of carbonyl (C=O) groups is 1. The van der Waals surface area contributed by atoms with E-state index in [1.165, 1.54) is 0 Å². The van der Waals surface area contributed by atoms with Gasteiger partial charge in [0, 0.05) is 37.7 Å². The molecule has 0 spiro atoms. The second kappa shape index (κ2) is 7.45. The van der Waals surface area contributed by atoms with Gasteiger partial charge in [-0.15, -0.1) is 0 Å². The maximum Gasteiger partial charge on any atom is 0.410 e. The van der Waals surface area contributed by atoms with Crippen LogP contribution in [0.15, 0.2) is 0 Å². The van der Waals surface area contributed by atoms with E-state index in [2.05, 4.69) is 5.32 Å². The highest BCUT2D eigenvalue weighted by Gasteiger charge is 2.27. The largest absolute Gasteiger partial charge is 0.444 e. The Morgan fingerprint density at radius 1 is 1.29 bits per heavy atom. The molecule has 0 aromatic heterocycles. The number of carbonyl (C=O) groups excluding carboxylic acids is 1. The first kappa shape index (κ1) is 18.2. The lowest BCUT2D eigenvalue weighted by Gasteiger charge is -2.30. The van der Waals surface area contributed by atoms with Gasteiger partial charge in [0.25, 0.3) is 0 Å². The van der Waals surface area contributed by atoms with Gasteiger partial charge in [0.05, 0.1) is 0 Å². The lowest BCUT2D eigenvalue weighted by molar-refractivity contribution is 0.0241. The van der Waals surface area contributed by atoms with Gasteiger partial charge in [-0.3, -0.25) is 0 Å². The Morgan fingerprint density at radius 3 is 2.52 bits per heavy atom. The number of hydrogen-bond donors (Lipinski definition) is 2. The fourth-order valence-corrected chi connectivity index (χ4v) is 2.28. The molecule has 21 heavy (non-hydrogen) atoms. The summed E-state index contributed by atoms with van der Waals surface area (Å²) in [6.07, 6.45) is 2.95. The monoisotopic (exact) mass is 300 g/mol. The lowest BCUT2D eigenvalue weighted by atomic mass is 9.94. The molecule has 0 radical (unpaired) electrons. The number of nitrogens with one attached hydrogen (secondary N) is 1. The minimum atomic E-state index is -0.453. The van der Waals surface area contributed by atoms with Crippen LogP contribution in [0.25, 0.3) is 0 Å². The van der Waals surface area contributed by atoms with Gasteiger partial charge < -0.3 is 20.1 Å². The molecular weight excluding hydrogens is 268 g/mol. The van der Waals surface area contributed by atoms with E-state index in [1.807, 2.05) is 39.5 Å². The summed E-state index contributed by atoms with van der Waals surface area (Å²) in [5.74, 6) is 0. The van der Waals surface area contributed by atoms with Crippen molar-refractivity contribution < 1.29 is 14.6 Å². The van der Waals surface area contributed by atoms with Gasteiger partial charge in [-0.2, -0.15) is 0 Å². The van der Waals surface area contributed by atoms with Gasteiger partial charge in [0.15, 0.2) is 0 Å². The summed E-state index contributed by atoms with van der Waals surface area (Å²) in [5, 5.41) is 12.8. The van der Waals surface area contributed by atoms with E-state index in [0.29, 0.717) is 6.54 Å². The maximum absolute atomic E-state index is 12.2. The van der Waals surface area contributed by atoms with E-state index in [0.717, 1.165) is 32.4 Å². The van der Waals surface area contributed by atoms with Crippen LogP contribution in [-0.4, -0.2) is 54.0 Å². The van der Waals surface area contributed by atoms with Crippen molar-refractivity contribution in [2.24, 2.45) is 5.41 Å². The molecule has 1 amide bonds. The molecule has 0 aromatic carbocycles. The molecule has 1 unspecified atom stereocenters. The Hall–Kier alpha value is -0.810. The Labute approximate surface area is 129 Å². The van der Waals surface area contributed by atoms with Crippen molar-refractivity contribution in [3.63, 3.8) is 0 Å². The molecule has 0 aromatic rings. The first-order valence-electron chi connectivity index (χ1n) is 7.95. The number of amides is 1. The van der Waals surface area contributed by atoms with Crippen LogP contribution >= 0.6 is 0 Å². The van der Waals surface area contributed by atoms with Crippen molar-refractivity contribution >= 4 is 6.09 Å². The molecule has 1 heterocycles. The van der Waals surface area contributed by atoms with Gasteiger partial charge >= 0.3 is 6.09 Å². The van der Waals surface area contributed by atoms with E-state index >= 15 is 0 Å². The minimum absolute atomic E-state index is 0.136. The number of hydrogen-bond acceptors (Lipinski definition) is 4. The van der Waals surface area contributed by atoms with Gasteiger partial charge in [-0.1, -0.05) is 20.3 Å². The van der Waals surface area contributed by atoms with Crippen LogP contribution in [0.5, 0.6) is 0 Å². The highest BCUT2D eigenvalue weighted by Crippen LogP contribution is 2.17. The van der Waals surface area contributed by atoms with Crippen molar-refractivity contribution in [2.75, 3.05) is 26.2 Å². The summed E-state index contributed by atoms with van der Waals surface area (Å²) in [6, 6.07) is 0.269. The molecule has 0 aliphatic carbocycles. The normalized spacial score (nSPS) is 21.0. The standard InChI is InChI=1S/C16H32N2O3/c1-15(2,3)21-14(20)18-9-7-6-8-13(10-18)17-11-16(4,5)12-19/h13,17,19H,6-12H2,1-5H3. The van der Waals surface area contributed by atoms with Crippen LogP contribution in [0.3, 0.4) is 0 Å². The summed E-state index contributed by atoms with van der Waals surface area (Å²) in [7, 11) is 0. The summed E-state index contributed by atoms with van der Waals surface area (Å²) in [4.78, 5) is 14.0. The SMILES string of the molecule is CC(C)(CO)CNC1CCCCN(C(=O)OC(C)(C)C)C1. The third-order valence-corrected chi connectivity index (χ3v) is 3.62. The van der Waals surface area contributed by atoms with Crippen LogP contribution in [0, 0.1) is 5.41 Å². The molecule has 1 aliphatic rings. The molecule has 1 aliphatic heterocycles. The van der Waals surface area contributed by atoms with Crippen LogP contribution < -0.4 is 5.32 Å². The van der Waals surface area contributed by atoms with E-state index < -0.39 is 5.60 Å². The topological polar surface area (TPSA) is 61.8 Å². The number of likely N-dealkylation sites (tertiary alicyclic amines) is 1. The number of aliphatic hydroxyl groups is 1. The Kier molecular flexibility index (Phi) is 6.47. The van der Waals surface area contributed by atoms with Crippen molar-refractivity contribution in [3.05, 3.63) is 0 Å². The van der Waals surface area contributed by atoms with Gasteiger partial charge in [-0.25, -0.2) is 4.79 Å². The molecular formula is C16H32N2O3. The predicted molar refractivity (Wildman–Crippen MR) is 84.3 cm³/mol. The van der Waals surface area contributed by atoms with E-state index in [4.69, 9.17) is 4.74 Å². The van der Waals surface area contributed by atoms with Gasteiger partial charge in [0.2, 0.25) is 0 Å². The quantitative estimate of drug-likeness (QED) is 0.837. The maximum atomic E-state index is 12.2. The highest BCUT2D eigenvalue weighted by atomic mass is 16.6. The third-order valence-electron chi connectivity index (χ3n) is 3.62. The molecule has 2 N–H and O–H groups in total. The zero-order valence-electron chi connectivity index (χ0n) is 14.2. The molecule has 1 fully saturated rings. The second-order valence-electron chi connectivity index (χ2n) is 7.82. The van der Waals surface area contributed by atoms with Gasteiger partial charge in [-0.05, 0) is 33.6 Å². The Balaban J connectivity index is 2.54. The highest BCUT2D eigenvalue weighted by molar-refractivity contribution is 5.68. The Morgan fingerprint density at radius 2 is 1.95 bits per heavy atom. The summed E-state index contributed by atoms with van der Waals surface area (Å²) in [5.41, 5.74) is -0.589. The molecule has 1 rings (SSSR count).